The molecule has 0 saturated heterocycles. The summed E-state index contributed by atoms with van der Waals surface area (Å²) in [5.74, 6) is 0. The van der Waals surface area contributed by atoms with E-state index in [1.807, 2.05) is 0 Å². The van der Waals surface area contributed by atoms with Gasteiger partial charge in [0.15, 0.2) is 0 Å². The van der Waals surface area contributed by atoms with E-state index >= 15 is 0 Å². The van der Waals surface area contributed by atoms with E-state index in [2.05, 4.69) is 0 Å². The molecule has 5 heavy (non-hydrogen) atoms. The summed E-state index contributed by atoms with van der Waals surface area (Å²) >= 11 is 15.5. The summed E-state index contributed by atoms with van der Waals surface area (Å²) in [4.78, 5) is 0. The summed E-state index contributed by atoms with van der Waals surface area (Å²) in [6, 6.07) is 0. The van der Waals surface area contributed by atoms with E-state index in [1.54, 1.807) is 6.66 Å². The van der Waals surface area contributed by atoms with Crippen LogP contribution in [0.5, 0.6) is 0 Å². The Morgan fingerprint density at radius 1 is 1.20 bits per heavy atom. The standard InChI is InChI=1S/CH3Cl3P/c1-5(2,3)4/h1H3/q+1. The molecule has 0 bridgehead atoms. The van der Waals surface area contributed by atoms with Gasteiger partial charge in [0, 0.05) is 0 Å². The van der Waals surface area contributed by atoms with Gasteiger partial charge in [-0.05, 0) is 0 Å². The molecule has 0 unspecified atom stereocenters. The molecular formula is CH3Cl3P+. The van der Waals surface area contributed by atoms with Crippen molar-refractivity contribution in [1.29, 1.82) is 0 Å². The number of halogens is 3. The summed E-state index contributed by atoms with van der Waals surface area (Å²) in [5.41, 5.74) is 0. The smallest absolute Gasteiger partial charge is 0.0969 e. The van der Waals surface area contributed by atoms with Crippen molar-refractivity contribution < 1.29 is 0 Å². The van der Waals surface area contributed by atoms with Crippen molar-refractivity contribution in [3.8, 4) is 0 Å². The molecule has 0 atom stereocenters. The van der Waals surface area contributed by atoms with Gasteiger partial charge in [-0.25, -0.2) is 0 Å². The fraction of sp³-hybridized carbons (Fsp3) is 1.00. The van der Waals surface area contributed by atoms with Crippen molar-refractivity contribution >= 4 is 39.0 Å². The highest BCUT2D eigenvalue weighted by molar-refractivity contribution is 8.32. The van der Waals surface area contributed by atoms with Gasteiger partial charge in [-0.15, -0.1) is 0 Å². The predicted octanol–water partition coefficient (Wildman–Crippen LogP) is 3.10. The van der Waals surface area contributed by atoms with Crippen molar-refractivity contribution in [2.24, 2.45) is 0 Å². The third kappa shape index (κ3) is 34.2. The molecule has 4 heteroatoms. The van der Waals surface area contributed by atoms with Gasteiger partial charge in [0.1, 0.15) is 33.7 Å². The highest BCUT2D eigenvalue weighted by atomic mass is 36.1. The quantitative estimate of drug-likeness (QED) is 0.468. The van der Waals surface area contributed by atoms with Crippen molar-refractivity contribution in [3.05, 3.63) is 0 Å². The summed E-state index contributed by atoms with van der Waals surface area (Å²) in [6.45, 7) is 1.59. The predicted molar refractivity (Wildman–Crippen MR) is 30.4 cm³/mol. The summed E-state index contributed by atoms with van der Waals surface area (Å²) < 4.78 is 0. The molecule has 0 saturated carbocycles. The minimum atomic E-state index is -1.97. The Bertz CT molecular complexity index is 22.4. The Morgan fingerprint density at radius 3 is 1.20 bits per heavy atom. The zero-order valence-electron chi connectivity index (χ0n) is 2.58. The molecule has 0 spiro atoms. The van der Waals surface area contributed by atoms with E-state index in [4.69, 9.17) is 33.7 Å². The zero-order valence-corrected chi connectivity index (χ0v) is 5.74. The fourth-order valence-corrected chi connectivity index (χ4v) is 0. The highest BCUT2D eigenvalue weighted by Gasteiger charge is 2.22. The first-order valence-electron chi connectivity index (χ1n) is 0.954. The lowest BCUT2D eigenvalue weighted by Crippen LogP contribution is -1.40. The molecule has 0 rings (SSSR count). The first-order valence-corrected chi connectivity index (χ1v) is 5.91. The van der Waals surface area contributed by atoms with Crippen LogP contribution in [0.4, 0.5) is 0 Å². The number of hydrogen-bond acceptors (Lipinski definition) is 0. The Morgan fingerprint density at radius 2 is 1.20 bits per heavy atom. The minimum absolute atomic E-state index is 1.59. The summed E-state index contributed by atoms with van der Waals surface area (Å²) in [5, 5.41) is -1.97. The second-order valence-corrected chi connectivity index (χ2v) is 9.74. The molecule has 32 valence electrons. The second-order valence-electron chi connectivity index (χ2n) is 0.699. The van der Waals surface area contributed by atoms with Crippen molar-refractivity contribution in [2.45, 2.75) is 0 Å². The first kappa shape index (κ1) is 6.30. The normalized spacial score (nSPS) is 12.0. The molecular weight excluding hydrogens is 149 g/mol. The number of rotatable bonds is 0. The summed E-state index contributed by atoms with van der Waals surface area (Å²) in [7, 11) is 0. The molecule has 0 aromatic rings. The topological polar surface area (TPSA) is 0 Å². The van der Waals surface area contributed by atoms with Crippen LogP contribution in [0, 0.1) is 0 Å². The SMILES string of the molecule is C[P+](Cl)(Cl)Cl. The van der Waals surface area contributed by atoms with Crippen LogP contribution < -0.4 is 0 Å². The lowest BCUT2D eigenvalue weighted by molar-refractivity contribution is 2.47. The maximum absolute atomic E-state index is 5.17. The molecule has 0 nitrogen and oxygen atoms in total. The van der Waals surface area contributed by atoms with Gasteiger partial charge in [-0.1, -0.05) is 0 Å². The molecule has 0 aliphatic heterocycles. The van der Waals surface area contributed by atoms with Gasteiger partial charge in [0.05, 0.1) is 6.66 Å². The van der Waals surface area contributed by atoms with Gasteiger partial charge < -0.3 is 0 Å². The molecule has 0 aromatic heterocycles. The Labute approximate surface area is 46.1 Å². The van der Waals surface area contributed by atoms with Crippen molar-refractivity contribution in [1.82, 2.24) is 0 Å². The van der Waals surface area contributed by atoms with Gasteiger partial charge in [0.25, 0.3) is 0 Å². The van der Waals surface area contributed by atoms with E-state index in [1.165, 1.54) is 0 Å². The van der Waals surface area contributed by atoms with Gasteiger partial charge in [-0.3, -0.25) is 0 Å². The van der Waals surface area contributed by atoms with Crippen LogP contribution in [0.3, 0.4) is 0 Å². The lowest BCUT2D eigenvalue weighted by Gasteiger charge is -1.79. The maximum Gasteiger partial charge on any atom is 0.305 e. The van der Waals surface area contributed by atoms with Gasteiger partial charge in [-0.2, -0.15) is 0 Å². The molecule has 0 aromatic carbocycles. The monoisotopic (exact) mass is 151 g/mol. The van der Waals surface area contributed by atoms with E-state index in [0.717, 1.165) is 0 Å². The Hall–Kier alpha value is 1.30. The van der Waals surface area contributed by atoms with Crippen molar-refractivity contribution in [2.75, 3.05) is 6.66 Å². The largest absolute Gasteiger partial charge is 0.305 e. The first-order chi connectivity index (χ1) is 2.00. The average molecular weight is 152 g/mol. The second kappa shape index (κ2) is 1.84. The van der Waals surface area contributed by atoms with Crippen LogP contribution in [-0.4, -0.2) is 6.66 Å². The Balaban J connectivity index is 3.02. The third-order valence-electron chi connectivity index (χ3n) is 0. The lowest BCUT2D eigenvalue weighted by atomic mass is 12.0. The molecule has 0 aliphatic carbocycles. The molecule has 0 heterocycles. The van der Waals surface area contributed by atoms with E-state index in [-0.39, 0.29) is 0 Å². The number of hydrogen-bond donors (Lipinski definition) is 0. The third-order valence-corrected chi connectivity index (χ3v) is 0. The van der Waals surface area contributed by atoms with Crippen LogP contribution in [-0.2, 0) is 0 Å². The van der Waals surface area contributed by atoms with Crippen LogP contribution in [0.25, 0.3) is 0 Å². The van der Waals surface area contributed by atoms with Gasteiger partial charge >= 0.3 is 5.32 Å². The van der Waals surface area contributed by atoms with E-state index in [0.29, 0.717) is 0 Å². The molecule has 0 radical (unpaired) electrons. The van der Waals surface area contributed by atoms with Crippen molar-refractivity contribution in [3.63, 3.8) is 0 Å². The van der Waals surface area contributed by atoms with Gasteiger partial charge in [0.2, 0.25) is 0 Å². The van der Waals surface area contributed by atoms with E-state index < -0.39 is 5.32 Å². The summed E-state index contributed by atoms with van der Waals surface area (Å²) in [6.07, 6.45) is 0. The fourth-order valence-electron chi connectivity index (χ4n) is 0. The van der Waals surface area contributed by atoms with Crippen LogP contribution >= 0.6 is 39.0 Å². The molecule has 0 fully saturated rings. The molecule has 0 N–H and O–H groups in total. The van der Waals surface area contributed by atoms with Crippen LogP contribution in [0.2, 0.25) is 0 Å². The molecule has 0 aliphatic rings. The zero-order chi connectivity index (χ0) is 4.50. The Kier molecular flexibility index (Phi) is 2.32. The van der Waals surface area contributed by atoms with Crippen LogP contribution in [0.1, 0.15) is 0 Å². The maximum atomic E-state index is 5.17. The van der Waals surface area contributed by atoms with Crippen LogP contribution in [0.15, 0.2) is 0 Å². The van der Waals surface area contributed by atoms with E-state index in [9.17, 15) is 0 Å². The minimum Gasteiger partial charge on any atom is 0.0969 e. The average Bonchev–Trinajstić information content (AvgIpc) is 0.722. The molecule has 0 amide bonds. The highest BCUT2D eigenvalue weighted by Crippen LogP contribution is 2.70.